The van der Waals surface area contributed by atoms with E-state index in [1.54, 1.807) is 6.08 Å². The minimum atomic E-state index is 0.00904. The summed E-state index contributed by atoms with van der Waals surface area (Å²) in [7, 11) is 0. The number of hydrogen-bond acceptors (Lipinski definition) is 2. The highest BCUT2D eigenvalue weighted by Gasteiger charge is 2.30. The highest BCUT2D eigenvalue weighted by molar-refractivity contribution is 6.30. The SMILES string of the molecule is O=C(C=Cc1ccc(Cl)cc1)N1CCCC1c1nc2ccccc2[nH]1. The number of benzene rings is 2. The monoisotopic (exact) mass is 351 g/mol. The predicted octanol–water partition coefficient (Wildman–Crippen LogP) is 4.59. The second-order valence-electron chi connectivity index (χ2n) is 6.21. The Kier molecular flexibility index (Phi) is 4.28. The molecule has 3 aromatic rings. The molecule has 0 aliphatic carbocycles. The number of carbonyl (C=O) groups is 1. The Labute approximate surface area is 151 Å². The van der Waals surface area contributed by atoms with E-state index in [4.69, 9.17) is 11.6 Å². The molecule has 2 heterocycles. The molecule has 4 rings (SSSR count). The summed E-state index contributed by atoms with van der Waals surface area (Å²) < 4.78 is 0. The maximum absolute atomic E-state index is 12.7. The van der Waals surface area contributed by atoms with Crippen LogP contribution in [0.4, 0.5) is 0 Å². The van der Waals surface area contributed by atoms with E-state index >= 15 is 0 Å². The number of halogens is 1. The lowest BCUT2D eigenvalue weighted by Crippen LogP contribution is -2.29. The van der Waals surface area contributed by atoms with Gasteiger partial charge in [0, 0.05) is 17.6 Å². The number of nitrogens with one attached hydrogen (secondary N) is 1. The van der Waals surface area contributed by atoms with E-state index in [0.29, 0.717) is 5.02 Å². The van der Waals surface area contributed by atoms with Crippen LogP contribution in [0.5, 0.6) is 0 Å². The summed E-state index contributed by atoms with van der Waals surface area (Å²) in [4.78, 5) is 22.6. The van der Waals surface area contributed by atoms with Gasteiger partial charge in [-0.05, 0) is 48.7 Å². The number of carbonyl (C=O) groups excluding carboxylic acids is 1. The fourth-order valence-electron chi connectivity index (χ4n) is 3.28. The fourth-order valence-corrected chi connectivity index (χ4v) is 3.41. The van der Waals surface area contributed by atoms with Gasteiger partial charge in [0.1, 0.15) is 5.82 Å². The summed E-state index contributed by atoms with van der Waals surface area (Å²) in [5.74, 6) is 0.879. The van der Waals surface area contributed by atoms with Gasteiger partial charge in [-0.1, -0.05) is 35.9 Å². The van der Waals surface area contributed by atoms with Crippen LogP contribution in [0.25, 0.3) is 17.1 Å². The van der Waals surface area contributed by atoms with Crippen molar-refractivity contribution in [2.75, 3.05) is 6.54 Å². The van der Waals surface area contributed by atoms with Gasteiger partial charge in [-0.3, -0.25) is 4.79 Å². The molecule has 1 amide bonds. The zero-order chi connectivity index (χ0) is 17.2. The lowest BCUT2D eigenvalue weighted by atomic mass is 10.2. The Morgan fingerprint density at radius 2 is 2.00 bits per heavy atom. The standard InChI is InChI=1S/C20H18ClN3O/c21-15-10-7-14(8-11-15)9-12-19(25)24-13-3-6-18(24)20-22-16-4-1-2-5-17(16)23-20/h1-2,4-5,7-12,18H,3,6,13H2,(H,22,23). The summed E-state index contributed by atoms with van der Waals surface area (Å²) in [5, 5.41) is 0.688. The summed E-state index contributed by atoms with van der Waals surface area (Å²) in [6.07, 6.45) is 5.37. The van der Waals surface area contributed by atoms with Gasteiger partial charge >= 0.3 is 0 Å². The van der Waals surface area contributed by atoms with Gasteiger partial charge in [0.25, 0.3) is 0 Å². The number of nitrogens with zero attached hydrogens (tertiary/aromatic N) is 2. The third-order valence-corrected chi connectivity index (χ3v) is 4.80. The normalized spacial score (nSPS) is 17.6. The molecular weight excluding hydrogens is 334 g/mol. The second kappa shape index (κ2) is 6.73. The van der Waals surface area contributed by atoms with E-state index in [9.17, 15) is 4.79 Å². The Hall–Kier alpha value is -2.59. The average Bonchev–Trinajstić information content (AvgIpc) is 3.27. The first-order valence-corrected chi connectivity index (χ1v) is 8.77. The molecule has 1 N–H and O–H groups in total. The number of aromatic nitrogens is 2. The zero-order valence-corrected chi connectivity index (χ0v) is 14.4. The molecule has 0 radical (unpaired) electrons. The van der Waals surface area contributed by atoms with Crippen LogP contribution in [0.1, 0.15) is 30.3 Å². The molecule has 1 aliphatic heterocycles. The number of hydrogen-bond donors (Lipinski definition) is 1. The summed E-state index contributed by atoms with van der Waals surface area (Å²) >= 11 is 5.89. The number of H-pyrrole nitrogens is 1. The third kappa shape index (κ3) is 3.30. The van der Waals surface area contributed by atoms with Gasteiger partial charge in [-0.2, -0.15) is 0 Å². The van der Waals surface area contributed by atoms with E-state index in [1.165, 1.54) is 0 Å². The quantitative estimate of drug-likeness (QED) is 0.701. The van der Waals surface area contributed by atoms with Gasteiger partial charge in [-0.25, -0.2) is 4.98 Å². The van der Waals surface area contributed by atoms with Crippen LogP contribution < -0.4 is 0 Å². The van der Waals surface area contributed by atoms with Gasteiger partial charge in [-0.15, -0.1) is 0 Å². The lowest BCUT2D eigenvalue weighted by molar-refractivity contribution is -0.126. The Bertz CT molecular complexity index is 897. The maximum atomic E-state index is 12.7. The Morgan fingerprint density at radius 3 is 2.80 bits per heavy atom. The molecule has 1 aliphatic rings. The number of likely N-dealkylation sites (tertiary alicyclic amines) is 1. The molecule has 1 aromatic heterocycles. The molecule has 25 heavy (non-hydrogen) atoms. The molecular formula is C20H18ClN3O. The van der Waals surface area contributed by atoms with E-state index in [2.05, 4.69) is 9.97 Å². The van der Waals surface area contributed by atoms with Crippen molar-refractivity contribution in [3.05, 3.63) is 71.0 Å². The number of fused-ring (bicyclic) bond motifs is 1. The van der Waals surface area contributed by atoms with Gasteiger partial charge in [0.15, 0.2) is 0 Å². The fraction of sp³-hybridized carbons (Fsp3) is 0.200. The minimum Gasteiger partial charge on any atom is -0.340 e. The largest absolute Gasteiger partial charge is 0.340 e. The van der Waals surface area contributed by atoms with Crippen LogP contribution in [-0.4, -0.2) is 27.3 Å². The zero-order valence-electron chi connectivity index (χ0n) is 13.7. The molecule has 0 spiro atoms. The van der Waals surface area contributed by atoms with Crippen molar-refractivity contribution in [2.24, 2.45) is 0 Å². The third-order valence-electron chi connectivity index (χ3n) is 4.55. The summed E-state index contributed by atoms with van der Waals surface area (Å²) in [6, 6.07) is 15.4. The number of para-hydroxylation sites is 2. The van der Waals surface area contributed by atoms with Crippen LogP contribution in [0.3, 0.4) is 0 Å². The van der Waals surface area contributed by atoms with Crippen molar-refractivity contribution >= 4 is 34.6 Å². The highest BCUT2D eigenvalue weighted by Crippen LogP contribution is 2.31. The molecule has 1 unspecified atom stereocenters. The first kappa shape index (κ1) is 15.9. The molecule has 126 valence electrons. The average molecular weight is 352 g/mol. The van der Waals surface area contributed by atoms with Crippen molar-refractivity contribution in [2.45, 2.75) is 18.9 Å². The summed E-state index contributed by atoms with van der Waals surface area (Å²) in [6.45, 7) is 0.755. The van der Waals surface area contributed by atoms with E-state index in [0.717, 1.165) is 41.8 Å². The lowest BCUT2D eigenvalue weighted by Gasteiger charge is -2.21. The van der Waals surface area contributed by atoms with Crippen molar-refractivity contribution in [3.8, 4) is 0 Å². The Balaban J connectivity index is 1.54. The van der Waals surface area contributed by atoms with E-state index in [1.807, 2.05) is 59.5 Å². The number of imidazole rings is 1. The molecule has 0 saturated carbocycles. The molecule has 1 saturated heterocycles. The van der Waals surface area contributed by atoms with Crippen LogP contribution in [0.2, 0.25) is 5.02 Å². The van der Waals surface area contributed by atoms with E-state index in [-0.39, 0.29) is 11.9 Å². The first-order valence-electron chi connectivity index (χ1n) is 8.39. The smallest absolute Gasteiger partial charge is 0.247 e. The van der Waals surface area contributed by atoms with E-state index < -0.39 is 0 Å². The molecule has 4 nitrogen and oxygen atoms in total. The predicted molar refractivity (Wildman–Crippen MR) is 100 cm³/mol. The maximum Gasteiger partial charge on any atom is 0.247 e. The van der Waals surface area contributed by atoms with Crippen molar-refractivity contribution in [1.29, 1.82) is 0 Å². The highest BCUT2D eigenvalue weighted by atomic mass is 35.5. The van der Waals surface area contributed by atoms with Crippen molar-refractivity contribution in [3.63, 3.8) is 0 Å². The molecule has 1 fully saturated rings. The first-order chi connectivity index (χ1) is 12.2. The molecule has 1 atom stereocenters. The van der Waals surface area contributed by atoms with Gasteiger partial charge < -0.3 is 9.88 Å². The van der Waals surface area contributed by atoms with Crippen molar-refractivity contribution in [1.82, 2.24) is 14.9 Å². The van der Waals surface area contributed by atoms with Gasteiger partial charge in [0.2, 0.25) is 5.91 Å². The van der Waals surface area contributed by atoms with Crippen LogP contribution in [0.15, 0.2) is 54.6 Å². The molecule has 0 bridgehead atoms. The van der Waals surface area contributed by atoms with Crippen LogP contribution in [0, 0.1) is 0 Å². The van der Waals surface area contributed by atoms with Gasteiger partial charge in [0.05, 0.1) is 17.1 Å². The minimum absolute atomic E-state index is 0.00904. The number of aromatic amines is 1. The van der Waals surface area contributed by atoms with Crippen LogP contribution in [-0.2, 0) is 4.79 Å². The number of amides is 1. The molecule has 5 heteroatoms. The number of rotatable bonds is 3. The van der Waals surface area contributed by atoms with Crippen molar-refractivity contribution < 1.29 is 4.79 Å². The Morgan fingerprint density at radius 1 is 1.20 bits per heavy atom. The topological polar surface area (TPSA) is 49.0 Å². The second-order valence-corrected chi connectivity index (χ2v) is 6.65. The molecule has 2 aromatic carbocycles. The van der Waals surface area contributed by atoms with Crippen LogP contribution >= 0.6 is 11.6 Å². The summed E-state index contributed by atoms with van der Waals surface area (Å²) in [5.41, 5.74) is 2.90.